The Morgan fingerprint density at radius 2 is 1.87 bits per heavy atom. The van der Waals surface area contributed by atoms with Crippen LogP contribution in [0.25, 0.3) is 0 Å². The normalized spacial score (nSPS) is 24.4. The number of benzene rings is 1. The number of aliphatic hydroxyl groups excluding tert-OH is 1. The third kappa shape index (κ3) is 4.08. The van der Waals surface area contributed by atoms with Gasteiger partial charge in [0.15, 0.2) is 11.6 Å². The molecule has 0 unspecified atom stereocenters. The molecule has 0 spiro atoms. The van der Waals surface area contributed by atoms with E-state index in [0.717, 1.165) is 31.6 Å². The Kier molecular flexibility index (Phi) is 5.62. The molecule has 1 saturated carbocycles. The van der Waals surface area contributed by atoms with Gasteiger partial charge in [-0.2, -0.15) is 0 Å². The summed E-state index contributed by atoms with van der Waals surface area (Å²) in [6.45, 7) is 3.66. The fraction of sp³-hybridized carbons (Fsp3) is 0.667. The van der Waals surface area contributed by atoms with Gasteiger partial charge in [-0.25, -0.2) is 8.78 Å². The molecule has 0 amide bonds. The highest BCUT2D eigenvalue weighted by molar-refractivity contribution is 5.17. The summed E-state index contributed by atoms with van der Waals surface area (Å²) < 4.78 is 26.4. The summed E-state index contributed by atoms with van der Waals surface area (Å²) in [5.41, 5.74) is 0.806. The standard InChI is InChI=1S/C18H26F2N2O/c19-17-6-5-14(11-18(17)20)12-21-8-9-22(15-3-1-2-4-15)16(13-21)7-10-23/h5-6,11,15-16,23H,1-4,7-10,12-13H2/t16-/m0/s1. The molecule has 1 aliphatic carbocycles. The monoisotopic (exact) mass is 324 g/mol. The average Bonchev–Trinajstić information content (AvgIpc) is 3.06. The Labute approximate surface area is 136 Å². The molecule has 1 aromatic rings. The van der Waals surface area contributed by atoms with Crippen LogP contribution in [0.4, 0.5) is 8.78 Å². The summed E-state index contributed by atoms with van der Waals surface area (Å²) in [4.78, 5) is 4.86. The van der Waals surface area contributed by atoms with Gasteiger partial charge in [0.05, 0.1) is 0 Å². The quantitative estimate of drug-likeness (QED) is 0.902. The summed E-state index contributed by atoms with van der Waals surface area (Å²) in [7, 11) is 0. The van der Waals surface area contributed by atoms with Gasteiger partial charge in [-0.1, -0.05) is 18.9 Å². The van der Waals surface area contributed by atoms with Crippen LogP contribution in [0.5, 0.6) is 0 Å². The highest BCUT2D eigenvalue weighted by Crippen LogP contribution is 2.28. The second-order valence-electron chi connectivity index (χ2n) is 6.83. The van der Waals surface area contributed by atoms with Gasteiger partial charge in [-0.3, -0.25) is 9.80 Å². The molecular formula is C18H26F2N2O. The van der Waals surface area contributed by atoms with E-state index in [2.05, 4.69) is 9.80 Å². The number of nitrogens with zero attached hydrogens (tertiary/aromatic N) is 2. The summed E-state index contributed by atoms with van der Waals surface area (Å²) >= 11 is 0. The van der Waals surface area contributed by atoms with E-state index in [1.165, 1.54) is 37.8 Å². The van der Waals surface area contributed by atoms with Gasteiger partial charge in [0.2, 0.25) is 0 Å². The largest absolute Gasteiger partial charge is 0.396 e. The van der Waals surface area contributed by atoms with Gasteiger partial charge in [0, 0.05) is 44.9 Å². The predicted octanol–water partition coefficient (Wildman–Crippen LogP) is 2.78. The molecular weight excluding hydrogens is 298 g/mol. The number of piperazine rings is 1. The summed E-state index contributed by atoms with van der Waals surface area (Å²) in [6, 6.07) is 5.17. The van der Waals surface area contributed by atoms with E-state index in [-0.39, 0.29) is 6.61 Å². The van der Waals surface area contributed by atoms with Crippen molar-refractivity contribution >= 4 is 0 Å². The van der Waals surface area contributed by atoms with E-state index >= 15 is 0 Å². The van der Waals surface area contributed by atoms with Gasteiger partial charge >= 0.3 is 0 Å². The van der Waals surface area contributed by atoms with E-state index in [1.807, 2.05) is 0 Å². The fourth-order valence-corrected chi connectivity index (χ4v) is 4.10. The molecule has 5 heteroatoms. The first-order valence-electron chi connectivity index (χ1n) is 8.70. The second kappa shape index (κ2) is 7.69. The van der Waals surface area contributed by atoms with Crippen molar-refractivity contribution < 1.29 is 13.9 Å². The average molecular weight is 324 g/mol. The molecule has 128 valence electrons. The minimum atomic E-state index is -0.794. The number of hydrogen-bond acceptors (Lipinski definition) is 3. The first kappa shape index (κ1) is 16.8. The van der Waals surface area contributed by atoms with Crippen molar-refractivity contribution in [2.75, 3.05) is 26.2 Å². The molecule has 3 rings (SSSR count). The van der Waals surface area contributed by atoms with Crippen LogP contribution in [-0.2, 0) is 6.54 Å². The van der Waals surface area contributed by atoms with Gasteiger partial charge in [0.1, 0.15) is 0 Å². The topological polar surface area (TPSA) is 26.7 Å². The van der Waals surface area contributed by atoms with Crippen LogP contribution in [-0.4, -0.2) is 53.2 Å². The Bertz CT molecular complexity index is 520. The minimum Gasteiger partial charge on any atom is -0.396 e. The minimum absolute atomic E-state index is 0.201. The third-order valence-electron chi connectivity index (χ3n) is 5.26. The van der Waals surface area contributed by atoms with E-state index in [9.17, 15) is 13.9 Å². The van der Waals surface area contributed by atoms with Crippen molar-refractivity contribution in [2.45, 2.75) is 50.7 Å². The summed E-state index contributed by atoms with van der Waals surface area (Å²) in [6.07, 6.45) is 5.94. The second-order valence-corrected chi connectivity index (χ2v) is 6.83. The number of hydrogen-bond donors (Lipinski definition) is 1. The molecule has 0 aromatic heterocycles. The highest BCUT2D eigenvalue weighted by Gasteiger charge is 2.32. The van der Waals surface area contributed by atoms with E-state index in [1.54, 1.807) is 6.07 Å². The molecule has 1 N–H and O–H groups in total. The molecule has 2 aliphatic rings. The van der Waals surface area contributed by atoms with Crippen LogP contribution >= 0.6 is 0 Å². The van der Waals surface area contributed by atoms with Crippen LogP contribution in [0.1, 0.15) is 37.7 Å². The van der Waals surface area contributed by atoms with Crippen molar-refractivity contribution in [2.24, 2.45) is 0 Å². The number of halogens is 2. The lowest BCUT2D eigenvalue weighted by atomic mass is 10.0. The van der Waals surface area contributed by atoms with Crippen LogP contribution in [0.15, 0.2) is 18.2 Å². The van der Waals surface area contributed by atoms with Gasteiger partial charge < -0.3 is 5.11 Å². The van der Waals surface area contributed by atoms with Gasteiger partial charge in [0.25, 0.3) is 0 Å². The zero-order chi connectivity index (χ0) is 16.2. The predicted molar refractivity (Wildman–Crippen MR) is 86.1 cm³/mol. The maximum absolute atomic E-state index is 13.4. The molecule has 1 heterocycles. The molecule has 1 atom stereocenters. The zero-order valence-electron chi connectivity index (χ0n) is 13.6. The Balaban J connectivity index is 1.62. The van der Waals surface area contributed by atoms with Gasteiger partial charge in [-0.05, 0) is 37.0 Å². The molecule has 1 saturated heterocycles. The lowest BCUT2D eigenvalue weighted by Gasteiger charge is -2.44. The molecule has 1 aliphatic heterocycles. The van der Waals surface area contributed by atoms with Crippen LogP contribution < -0.4 is 0 Å². The van der Waals surface area contributed by atoms with E-state index in [0.29, 0.717) is 18.6 Å². The first-order valence-corrected chi connectivity index (χ1v) is 8.70. The van der Waals surface area contributed by atoms with Crippen LogP contribution in [0, 0.1) is 11.6 Å². The Hall–Kier alpha value is -1.04. The SMILES string of the molecule is OCC[C@H]1CN(Cc2ccc(F)c(F)c2)CCN1C1CCCC1. The van der Waals surface area contributed by atoms with Crippen molar-refractivity contribution in [3.8, 4) is 0 Å². The van der Waals surface area contributed by atoms with Crippen LogP contribution in [0.3, 0.4) is 0 Å². The maximum atomic E-state index is 13.4. The highest BCUT2D eigenvalue weighted by atomic mass is 19.2. The summed E-state index contributed by atoms with van der Waals surface area (Å²) in [5, 5.41) is 9.39. The lowest BCUT2D eigenvalue weighted by molar-refractivity contribution is 0.0267. The van der Waals surface area contributed by atoms with Crippen LogP contribution in [0.2, 0.25) is 0 Å². The molecule has 0 radical (unpaired) electrons. The number of aliphatic hydroxyl groups is 1. The smallest absolute Gasteiger partial charge is 0.159 e. The van der Waals surface area contributed by atoms with E-state index in [4.69, 9.17) is 0 Å². The Morgan fingerprint density at radius 3 is 2.57 bits per heavy atom. The summed E-state index contributed by atoms with van der Waals surface area (Å²) in [5.74, 6) is -1.57. The lowest BCUT2D eigenvalue weighted by Crippen LogP contribution is -2.56. The molecule has 23 heavy (non-hydrogen) atoms. The Morgan fingerprint density at radius 1 is 1.09 bits per heavy atom. The first-order chi connectivity index (χ1) is 11.2. The third-order valence-corrected chi connectivity index (χ3v) is 5.26. The number of rotatable bonds is 5. The zero-order valence-corrected chi connectivity index (χ0v) is 13.6. The van der Waals surface area contributed by atoms with Crippen molar-refractivity contribution in [3.05, 3.63) is 35.4 Å². The molecule has 2 fully saturated rings. The van der Waals surface area contributed by atoms with Crippen molar-refractivity contribution in [1.82, 2.24) is 9.80 Å². The van der Waals surface area contributed by atoms with Crippen molar-refractivity contribution in [3.63, 3.8) is 0 Å². The van der Waals surface area contributed by atoms with E-state index < -0.39 is 11.6 Å². The van der Waals surface area contributed by atoms with Gasteiger partial charge in [-0.15, -0.1) is 0 Å². The fourth-order valence-electron chi connectivity index (χ4n) is 4.10. The molecule has 0 bridgehead atoms. The molecule has 1 aromatic carbocycles. The van der Waals surface area contributed by atoms with Crippen molar-refractivity contribution in [1.29, 1.82) is 0 Å². The molecule has 3 nitrogen and oxygen atoms in total. The maximum Gasteiger partial charge on any atom is 0.159 e.